The number of benzene rings is 1. The zero-order chi connectivity index (χ0) is 21.3. The van der Waals surface area contributed by atoms with Gasteiger partial charge in [-0.25, -0.2) is 9.97 Å². The molecule has 0 unspecified atom stereocenters. The number of hydrogen-bond donors (Lipinski definition) is 1. The molecule has 1 aromatic carbocycles. The van der Waals surface area contributed by atoms with Crippen LogP contribution in [0.5, 0.6) is 0 Å². The Morgan fingerprint density at radius 2 is 1.77 bits per heavy atom. The van der Waals surface area contributed by atoms with Crippen LogP contribution in [0.2, 0.25) is 0 Å². The molecule has 3 heterocycles. The van der Waals surface area contributed by atoms with Gasteiger partial charge < -0.3 is 15.5 Å². The fourth-order valence-electron chi connectivity index (χ4n) is 3.31. The summed E-state index contributed by atoms with van der Waals surface area (Å²) in [5, 5.41) is 0.512. The lowest BCUT2D eigenvalue weighted by Crippen LogP contribution is -2.15. The number of aryl methyl sites for hydroxylation is 1. The summed E-state index contributed by atoms with van der Waals surface area (Å²) >= 11 is 1.40. The van der Waals surface area contributed by atoms with Crippen molar-refractivity contribution in [1.29, 1.82) is 0 Å². The van der Waals surface area contributed by atoms with E-state index < -0.39 is 0 Å². The average Bonchev–Trinajstić information content (AvgIpc) is 3.12. The summed E-state index contributed by atoms with van der Waals surface area (Å²) in [5.74, 6) is 0.838. The van der Waals surface area contributed by atoms with Crippen molar-refractivity contribution in [2.45, 2.75) is 13.3 Å². The third-order valence-electron chi connectivity index (χ3n) is 5.08. The minimum atomic E-state index is 0.512. The van der Waals surface area contributed by atoms with Gasteiger partial charge in [0.05, 0.1) is 5.69 Å². The Morgan fingerprint density at radius 3 is 2.50 bits per heavy atom. The van der Waals surface area contributed by atoms with Gasteiger partial charge in [-0.2, -0.15) is 0 Å². The van der Waals surface area contributed by atoms with Crippen LogP contribution >= 0.6 is 11.3 Å². The molecule has 0 amide bonds. The van der Waals surface area contributed by atoms with E-state index in [0.29, 0.717) is 5.13 Å². The van der Waals surface area contributed by atoms with Crippen molar-refractivity contribution >= 4 is 38.3 Å². The summed E-state index contributed by atoms with van der Waals surface area (Å²) in [6.45, 7) is 3.07. The van der Waals surface area contributed by atoms with Gasteiger partial charge >= 0.3 is 0 Å². The number of nitrogens with two attached hydrogens (primary N) is 1. The normalized spacial score (nSPS) is 11.4. The van der Waals surface area contributed by atoms with Gasteiger partial charge in [-0.15, -0.1) is 0 Å². The average molecular weight is 419 g/mol. The number of rotatable bonds is 6. The molecule has 0 aliphatic heterocycles. The van der Waals surface area contributed by atoms with E-state index in [1.807, 2.05) is 13.2 Å². The maximum absolute atomic E-state index is 6.03. The number of aromatic nitrogens is 3. The number of likely N-dealkylation sites (N-methyl/N-ethyl adjacent to an activating group) is 1. The number of thiazole rings is 1. The number of nitrogens with zero attached hydrogens (tertiary/aromatic N) is 5. The molecule has 0 radical (unpaired) electrons. The zero-order valence-electron chi connectivity index (χ0n) is 17.8. The number of hydrogen-bond acceptors (Lipinski definition) is 7. The Bertz CT molecular complexity index is 1170. The zero-order valence-corrected chi connectivity index (χ0v) is 18.6. The highest BCUT2D eigenvalue weighted by Gasteiger charge is 2.16. The van der Waals surface area contributed by atoms with Crippen molar-refractivity contribution in [2.75, 3.05) is 38.3 Å². The molecule has 30 heavy (non-hydrogen) atoms. The van der Waals surface area contributed by atoms with E-state index in [9.17, 15) is 0 Å². The molecule has 7 heteroatoms. The van der Waals surface area contributed by atoms with Gasteiger partial charge in [0.25, 0.3) is 0 Å². The molecule has 4 rings (SSSR count). The van der Waals surface area contributed by atoms with Crippen molar-refractivity contribution in [2.24, 2.45) is 0 Å². The quantitative estimate of drug-likeness (QED) is 0.497. The van der Waals surface area contributed by atoms with E-state index in [0.717, 1.165) is 46.1 Å². The lowest BCUT2D eigenvalue weighted by molar-refractivity contribution is 0.413. The summed E-state index contributed by atoms with van der Waals surface area (Å²) in [6, 6.07) is 14.7. The molecule has 0 spiro atoms. The number of pyridine rings is 2. The molecule has 3 aromatic heterocycles. The third-order valence-corrected chi connectivity index (χ3v) is 5.86. The minimum absolute atomic E-state index is 0.512. The third kappa shape index (κ3) is 4.27. The first-order valence-electron chi connectivity index (χ1n) is 9.88. The maximum atomic E-state index is 6.03. The molecule has 4 aromatic rings. The smallest absolute Gasteiger partial charge is 0.182 e. The fraction of sp³-hybridized carbons (Fsp3) is 0.261. The first-order chi connectivity index (χ1) is 14.4. The van der Waals surface area contributed by atoms with E-state index in [1.54, 1.807) is 0 Å². The first kappa shape index (κ1) is 20.3. The van der Waals surface area contributed by atoms with Gasteiger partial charge in [-0.05, 0) is 63.3 Å². The minimum Gasteiger partial charge on any atom is -0.375 e. The Labute approximate surface area is 181 Å². The predicted molar refractivity (Wildman–Crippen MR) is 127 cm³/mol. The van der Waals surface area contributed by atoms with Crippen LogP contribution in [-0.2, 0) is 6.42 Å². The largest absolute Gasteiger partial charge is 0.375 e. The van der Waals surface area contributed by atoms with Gasteiger partial charge in [0.1, 0.15) is 16.2 Å². The van der Waals surface area contributed by atoms with E-state index in [-0.39, 0.29) is 0 Å². The van der Waals surface area contributed by atoms with Crippen LogP contribution in [0.4, 0.5) is 16.6 Å². The van der Waals surface area contributed by atoms with Crippen LogP contribution < -0.4 is 10.6 Å². The first-order valence-corrected chi connectivity index (χ1v) is 10.7. The van der Waals surface area contributed by atoms with E-state index in [2.05, 4.69) is 83.3 Å². The van der Waals surface area contributed by atoms with E-state index >= 15 is 0 Å². The molecule has 6 nitrogen and oxygen atoms in total. The Hall–Kier alpha value is -3.03. The lowest BCUT2D eigenvalue weighted by atomic mass is 10.1. The highest BCUT2D eigenvalue weighted by Crippen LogP contribution is 2.35. The standard InChI is InChI=1S/C23H26N6S/c1-15-5-7-17(8-6-15)29(4)20-14-18(21-22(26-20)30-23(24)27-21)19-13-16(9-11-25-19)10-12-28(2)3/h5-9,11,13-14H,10,12H2,1-4H3,(H2,24,27). The van der Waals surface area contributed by atoms with Crippen LogP contribution in [0.15, 0.2) is 48.7 Å². The van der Waals surface area contributed by atoms with Gasteiger partial charge in [0.15, 0.2) is 5.13 Å². The number of nitrogen functional groups attached to an aromatic ring is 1. The maximum Gasteiger partial charge on any atom is 0.182 e. The predicted octanol–water partition coefficient (Wildman–Crippen LogP) is 4.52. The second-order valence-corrected chi connectivity index (χ2v) is 8.74. The number of anilines is 3. The molecule has 0 aliphatic carbocycles. The summed E-state index contributed by atoms with van der Waals surface area (Å²) < 4.78 is 0. The Balaban J connectivity index is 1.79. The summed E-state index contributed by atoms with van der Waals surface area (Å²) in [6.07, 6.45) is 2.83. The Morgan fingerprint density at radius 1 is 1.00 bits per heavy atom. The van der Waals surface area contributed by atoms with Gasteiger partial charge in [0.2, 0.25) is 0 Å². The molecule has 2 N–H and O–H groups in total. The van der Waals surface area contributed by atoms with Crippen LogP contribution in [0.3, 0.4) is 0 Å². The lowest BCUT2D eigenvalue weighted by Gasteiger charge is -2.19. The molecule has 0 saturated carbocycles. The molecule has 154 valence electrons. The van der Waals surface area contributed by atoms with Crippen molar-refractivity contribution in [3.63, 3.8) is 0 Å². The van der Waals surface area contributed by atoms with Crippen LogP contribution in [0.25, 0.3) is 21.6 Å². The molecular formula is C23H26N6S. The molecule has 0 aliphatic rings. The summed E-state index contributed by atoms with van der Waals surface area (Å²) in [7, 11) is 6.19. The second-order valence-electron chi connectivity index (χ2n) is 7.73. The van der Waals surface area contributed by atoms with Crippen molar-refractivity contribution in [3.05, 3.63) is 59.8 Å². The van der Waals surface area contributed by atoms with Crippen LogP contribution in [0.1, 0.15) is 11.1 Å². The molecule has 0 fully saturated rings. The van der Waals surface area contributed by atoms with Crippen molar-refractivity contribution < 1.29 is 0 Å². The highest BCUT2D eigenvalue weighted by atomic mass is 32.1. The molecule has 0 atom stereocenters. The monoisotopic (exact) mass is 418 g/mol. The van der Waals surface area contributed by atoms with Crippen molar-refractivity contribution in [1.82, 2.24) is 19.9 Å². The van der Waals surface area contributed by atoms with Gasteiger partial charge in [-0.3, -0.25) is 4.98 Å². The SMILES string of the molecule is Cc1ccc(N(C)c2cc(-c3cc(CCN(C)C)ccn3)c3nc(N)sc3n2)cc1. The van der Waals surface area contributed by atoms with E-state index in [4.69, 9.17) is 10.7 Å². The molecule has 0 saturated heterocycles. The summed E-state index contributed by atoms with van der Waals surface area (Å²) in [5.41, 5.74) is 12.2. The highest BCUT2D eigenvalue weighted by molar-refractivity contribution is 7.21. The number of fused-ring (bicyclic) bond motifs is 1. The van der Waals surface area contributed by atoms with Crippen LogP contribution in [0, 0.1) is 6.92 Å². The van der Waals surface area contributed by atoms with Crippen molar-refractivity contribution in [3.8, 4) is 11.3 Å². The Kier molecular flexibility index (Phi) is 5.65. The van der Waals surface area contributed by atoms with Gasteiger partial charge in [0, 0.05) is 31.0 Å². The van der Waals surface area contributed by atoms with E-state index in [1.165, 1.54) is 22.5 Å². The molecular weight excluding hydrogens is 392 g/mol. The molecule has 0 bridgehead atoms. The second kappa shape index (κ2) is 8.38. The fourth-order valence-corrected chi connectivity index (χ4v) is 4.04. The topological polar surface area (TPSA) is 71.2 Å². The summed E-state index contributed by atoms with van der Waals surface area (Å²) in [4.78, 5) is 19.1. The van der Waals surface area contributed by atoms with Crippen LogP contribution in [-0.4, -0.2) is 47.5 Å². The van der Waals surface area contributed by atoms with Gasteiger partial charge in [-0.1, -0.05) is 29.0 Å².